The van der Waals surface area contributed by atoms with Gasteiger partial charge in [0.25, 0.3) is 5.91 Å². The summed E-state index contributed by atoms with van der Waals surface area (Å²) in [5.74, 6) is 0.114. The molecule has 0 aromatic carbocycles. The maximum atomic E-state index is 12.9. The predicted octanol–water partition coefficient (Wildman–Crippen LogP) is 2.34. The highest BCUT2D eigenvalue weighted by molar-refractivity contribution is 5.95. The van der Waals surface area contributed by atoms with E-state index in [1.165, 1.54) is 5.56 Å². The van der Waals surface area contributed by atoms with Crippen molar-refractivity contribution in [2.45, 2.75) is 39.8 Å². The van der Waals surface area contributed by atoms with Gasteiger partial charge in [-0.25, -0.2) is 0 Å². The van der Waals surface area contributed by atoms with E-state index >= 15 is 0 Å². The highest BCUT2D eigenvalue weighted by atomic mass is 16.2. The second kappa shape index (κ2) is 8.25. The molecule has 134 valence electrons. The summed E-state index contributed by atoms with van der Waals surface area (Å²) in [6.45, 7) is 9.33. The lowest BCUT2D eigenvalue weighted by molar-refractivity contribution is 0.0760. The van der Waals surface area contributed by atoms with Crippen LogP contribution >= 0.6 is 0 Å². The van der Waals surface area contributed by atoms with E-state index in [-0.39, 0.29) is 5.91 Å². The molecular weight excluding hydrogens is 314 g/mol. The van der Waals surface area contributed by atoms with E-state index in [1.54, 1.807) is 12.4 Å². The van der Waals surface area contributed by atoms with Gasteiger partial charge in [0.15, 0.2) is 0 Å². The molecule has 0 atom stereocenters. The van der Waals surface area contributed by atoms with Crippen LogP contribution in [0.5, 0.6) is 0 Å². The van der Waals surface area contributed by atoms with Crippen molar-refractivity contribution >= 4 is 5.91 Å². The molecular formula is C19H27N5O. The van der Waals surface area contributed by atoms with Crippen molar-refractivity contribution in [2.24, 2.45) is 0 Å². The summed E-state index contributed by atoms with van der Waals surface area (Å²) in [7, 11) is 0. The van der Waals surface area contributed by atoms with Gasteiger partial charge in [-0.2, -0.15) is 5.10 Å². The Morgan fingerprint density at radius 2 is 2.08 bits per heavy atom. The molecule has 0 unspecified atom stereocenters. The first kappa shape index (κ1) is 17.6. The van der Waals surface area contributed by atoms with Crippen LogP contribution in [-0.4, -0.2) is 56.7 Å². The average molecular weight is 341 g/mol. The van der Waals surface area contributed by atoms with Gasteiger partial charge in [0.05, 0.1) is 11.8 Å². The summed E-state index contributed by atoms with van der Waals surface area (Å²) < 4.78 is 1.93. The molecule has 2 aromatic heterocycles. The lowest BCUT2D eigenvalue weighted by atomic mass is 10.2. The van der Waals surface area contributed by atoms with Crippen LogP contribution in [-0.2, 0) is 13.1 Å². The predicted molar refractivity (Wildman–Crippen MR) is 97.3 cm³/mol. The number of nitrogens with zero attached hydrogens (tertiary/aromatic N) is 5. The van der Waals surface area contributed by atoms with Crippen LogP contribution < -0.4 is 0 Å². The molecule has 0 saturated carbocycles. The zero-order valence-electron chi connectivity index (χ0n) is 15.2. The first-order valence-corrected chi connectivity index (χ1v) is 9.12. The van der Waals surface area contributed by atoms with Crippen molar-refractivity contribution in [3.05, 3.63) is 47.5 Å². The Hall–Kier alpha value is -2.21. The smallest absolute Gasteiger partial charge is 0.257 e. The third-order valence-corrected chi connectivity index (χ3v) is 4.77. The zero-order chi connectivity index (χ0) is 17.6. The zero-order valence-corrected chi connectivity index (χ0v) is 15.2. The van der Waals surface area contributed by atoms with Gasteiger partial charge in [-0.3, -0.25) is 19.4 Å². The molecule has 0 aliphatic carbocycles. The van der Waals surface area contributed by atoms with Crippen LogP contribution in [0, 0.1) is 6.92 Å². The second-order valence-electron chi connectivity index (χ2n) is 6.65. The van der Waals surface area contributed by atoms with Crippen LogP contribution in [0.15, 0.2) is 30.7 Å². The third-order valence-electron chi connectivity index (χ3n) is 4.77. The maximum Gasteiger partial charge on any atom is 0.257 e. The monoisotopic (exact) mass is 341 g/mol. The minimum atomic E-state index is 0.114. The van der Waals surface area contributed by atoms with Gasteiger partial charge < -0.3 is 4.90 Å². The number of aryl methyl sites for hydroxylation is 1. The van der Waals surface area contributed by atoms with Crippen molar-refractivity contribution in [3.8, 4) is 0 Å². The molecule has 6 heteroatoms. The van der Waals surface area contributed by atoms with Crippen LogP contribution in [0.3, 0.4) is 0 Å². The summed E-state index contributed by atoms with van der Waals surface area (Å²) in [4.78, 5) is 21.5. The molecule has 0 spiro atoms. The first-order chi connectivity index (χ1) is 12.2. The van der Waals surface area contributed by atoms with E-state index in [9.17, 15) is 4.79 Å². The third kappa shape index (κ3) is 4.25. The van der Waals surface area contributed by atoms with Crippen molar-refractivity contribution in [1.82, 2.24) is 24.6 Å². The molecule has 3 rings (SSSR count). The van der Waals surface area contributed by atoms with E-state index in [1.807, 2.05) is 28.8 Å². The van der Waals surface area contributed by atoms with Crippen LogP contribution in [0.4, 0.5) is 0 Å². The maximum absolute atomic E-state index is 12.9. The summed E-state index contributed by atoms with van der Waals surface area (Å²) in [6.07, 6.45) is 7.45. The summed E-state index contributed by atoms with van der Waals surface area (Å²) >= 11 is 0. The van der Waals surface area contributed by atoms with Crippen molar-refractivity contribution < 1.29 is 4.79 Å². The number of rotatable bonds is 5. The molecule has 0 N–H and O–H groups in total. The lowest BCUT2D eigenvalue weighted by Gasteiger charge is -2.22. The fourth-order valence-electron chi connectivity index (χ4n) is 3.35. The Kier molecular flexibility index (Phi) is 5.81. The lowest BCUT2D eigenvalue weighted by Crippen LogP contribution is -2.35. The van der Waals surface area contributed by atoms with Gasteiger partial charge in [0, 0.05) is 57.4 Å². The summed E-state index contributed by atoms with van der Waals surface area (Å²) in [5, 5.41) is 4.37. The molecule has 6 nitrogen and oxygen atoms in total. The van der Waals surface area contributed by atoms with Crippen LogP contribution in [0.2, 0.25) is 0 Å². The van der Waals surface area contributed by atoms with E-state index in [0.717, 1.165) is 63.4 Å². The highest BCUT2D eigenvalue weighted by Gasteiger charge is 2.23. The van der Waals surface area contributed by atoms with Crippen LogP contribution in [0.1, 0.15) is 41.4 Å². The number of carbonyl (C=O) groups excluding carboxylic acids is 1. The molecule has 2 aromatic rings. The van der Waals surface area contributed by atoms with Crippen molar-refractivity contribution in [2.75, 3.05) is 26.2 Å². The SMILES string of the molecule is CCCn1ncc(C(=O)N2CCCN(Cc3cccnc3)CC2)c1C. The molecule has 0 radical (unpaired) electrons. The number of pyridine rings is 1. The number of amides is 1. The fourth-order valence-corrected chi connectivity index (χ4v) is 3.35. The Morgan fingerprint density at radius 1 is 1.20 bits per heavy atom. The number of hydrogen-bond donors (Lipinski definition) is 0. The topological polar surface area (TPSA) is 54.3 Å². The summed E-state index contributed by atoms with van der Waals surface area (Å²) in [6, 6.07) is 4.08. The molecule has 25 heavy (non-hydrogen) atoms. The Balaban J connectivity index is 1.61. The Labute approximate surface area is 149 Å². The minimum Gasteiger partial charge on any atom is -0.337 e. The molecule has 1 aliphatic heterocycles. The van der Waals surface area contributed by atoms with E-state index in [0.29, 0.717) is 0 Å². The first-order valence-electron chi connectivity index (χ1n) is 9.12. The number of carbonyl (C=O) groups is 1. The van der Waals surface area contributed by atoms with Gasteiger partial charge in [-0.1, -0.05) is 13.0 Å². The van der Waals surface area contributed by atoms with Gasteiger partial charge >= 0.3 is 0 Å². The van der Waals surface area contributed by atoms with Gasteiger partial charge in [0.2, 0.25) is 0 Å². The molecule has 1 saturated heterocycles. The van der Waals surface area contributed by atoms with Crippen LogP contribution in [0.25, 0.3) is 0 Å². The van der Waals surface area contributed by atoms with E-state index < -0.39 is 0 Å². The van der Waals surface area contributed by atoms with Crippen molar-refractivity contribution in [1.29, 1.82) is 0 Å². The van der Waals surface area contributed by atoms with Gasteiger partial charge in [-0.05, 0) is 31.4 Å². The normalized spacial score (nSPS) is 16.0. The van der Waals surface area contributed by atoms with E-state index in [4.69, 9.17) is 0 Å². The highest BCUT2D eigenvalue weighted by Crippen LogP contribution is 2.14. The second-order valence-corrected chi connectivity index (χ2v) is 6.65. The fraction of sp³-hybridized carbons (Fsp3) is 0.526. The minimum absolute atomic E-state index is 0.114. The van der Waals surface area contributed by atoms with Gasteiger partial charge in [-0.15, -0.1) is 0 Å². The largest absolute Gasteiger partial charge is 0.337 e. The van der Waals surface area contributed by atoms with E-state index in [2.05, 4.69) is 28.0 Å². The molecule has 1 fully saturated rings. The summed E-state index contributed by atoms with van der Waals surface area (Å²) in [5.41, 5.74) is 2.94. The standard InChI is InChI=1S/C19H27N5O/c1-3-8-24-16(2)18(14-21-24)19(25)23-10-5-9-22(11-12-23)15-17-6-4-7-20-13-17/h4,6-7,13-14H,3,5,8-12,15H2,1-2H3. The Morgan fingerprint density at radius 3 is 2.84 bits per heavy atom. The molecule has 0 bridgehead atoms. The quantitative estimate of drug-likeness (QED) is 0.838. The molecule has 1 aliphatic rings. The Bertz CT molecular complexity index is 697. The van der Waals surface area contributed by atoms with Gasteiger partial charge in [0.1, 0.15) is 0 Å². The average Bonchev–Trinajstić information content (AvgIpc) is 2.83. The molecule has 1 amide bonds. The number of hydrogen-bond acceptors (Lipinski definition) is 4. The van der Waals surface area contributed by atoms with Crippen molar-refractivity contribution in [3.63, 3.8) is 0 Å². The molecule has 3 heterocycles. The number of aromatic nitrogens is 3.